The number of hydrogen-bond donors (Lipinski definition) is 0. The summed E-state index contributed by atoms with van der Waals surface area (Å²) in [5, 5.41) is 4.53. The SMILES string of the molecule is CC1(C)c2ccccc2-c2ccc(N(c3ccccc3)c3cc4oc5cccc(-c6ccc(-c7ccccc7)nc6)c5c4c4ccccc34)cc21. The number of benzene rings is 7. The highest BCUT2D eigenvalue weighted by Gasteiger charge is 2.36. The summed E-state index contributed by atoms with van der Waals surface area (Å²) in [6.45, 7) is 4.68. The Morgan fingerprint density at radius 3 is 2.00 bits per heavy atom. The second-order valence-corrected chi connectivity index (χ2v) is 14.0. The highest BCUT2D eigenvalue weighted by atomic mass is 16.3. The molecule has 51 heavy (non-hydrogen) atoms. The van der Waals surface area contributed by atoms with Crippen LogP contribution in [0, 0.1) is 0 Å². The van der Waals surface area contributed by atoms with Crippen LogP contribution in [0.1, 0.15) is 25.0 Å². The topological polar surface area (TPSA) is 29.3 Å². The van der Waals surface area contributed by atoms with Crippen molar-refractivity contribution < 1.29 is 4.42 Å². The van der Waals surface area contributed by atoms with Crippen LogP contribution in [0.4, 0.5) is 17.1 Å². The summed E-state index contributed by atoms with van der Waals surface area (Å²) in [5.41, 5.74) is 14.5. The van der Waals surface area contributed by atoms with Gasteiger partial charge in [0.1, 0.15) is 11.2 Å². The van der Waals surface area contributed by atoms with E-state index in [1.165, 1.54) is 22.3 Å². The monoisotopic (exact) mass is 654 g/mol. The Morgan fingerprint density at radius 1 is 0.490 bits per heavy atom. The van der Waals surface area contributed by atoms with Gasteiger partial charge in [-0.05, 0) is 69.6 Å². The highest BCUT2D eigenvalue weighted by molar-refractivity contribution is 6.25. The van der Waals surface area contributed by atoms with Crippen LogP contribution in [0.3, 0.4) is 0 Å². The molecular formula is C48H34N2O. The van der Waals surface area contributed by atoms with Crippen molar-refractivity contribution in [2.75, 3.05) is 4.90 Å². The number of anilines is 3. The van der Waals surface area contributed by atoms with Gasteiger partial charge >= 0.3 is 0 Å². The molecule has 9 aromatic rings. The lowest BCUT2D eigenvalue weighted by Crippen LogP contribution is -2.16. The number of hydrogen-bond acceptors (Lipinski definition) is 3. The van der Waals surface area contributed by atoms with E-state index >= 15 is 0 Å². The molecule has 0 unspecified atom stereocenters. The minimum absolute atomic E-state index is 0.111. The van der Waals surface area contributed by atoms with Gasteiger partial charge in [-0.2, -0.15) is 0 Å². The van der Waals surface area contributed by atoms with E-state index in [9.17, 15) is 0 Å². The van der Waals surface area contributed by atoms with Crippen molar-refractivity contribution in [1.82, 2.24) is 4.98 Å². The van der Waals surface area contributed by atoms with Gasteiger partial charge < -0.3 is 9.32 Å². The second-order valence-electron chi connectivity index (χ2n) is 14.0. The molecule has 0 saturated heterocycles. The van der Waals surface area contributed by atoms with Crippen molar-refractivity contribution in [2.24, 2.45) is 0 Å². The zero-order chi connectivity index (χ0) is 34.1. The molecule has 0 fully saturated rings. The molecule has 0 N–H and O–H groups in total. The number of rotatable bonds is 5. The normalized spacial score (nSPS) is 13.1. The standard InChI is InChI=1S/C48H34N2O/c1-48(2)40-22-12-11-18-36(40)37-26-25-34(28-41(37)48)50(33-16-7-4-8-17-33)43-29-45-47(39-20-10-9-19-38(39)43)46-35(21-13-23-44(46)51-45)32-24-27-42(49-30-32)31-14-5-3-6-15-31/h3-30H,1-2H3. The lowest BCUT2D eigenvalue weighted by Gasteiger charge is -2.29. The molecule has 0 bridgehead atoms. The third kappa shape index (κ3) is 4.55. The van der Waals surface area contributed by atoms with Crippen LogP contribution in [0.15, 0.2) is 174 Å². The molecule has 0 radical (unpaired) electrons. The molecule has 1 aliphatic carbocycles. The van der Waals surface area contributed by atoms with Crippen LogP contribution in [-0.2, 0) is 5.41 Å². The van der Waals surface area contributed by atoms with Gasteiger partial charge in [-0.25, -0.2) is 0 Å². The fourth-order valence-electron chi connectivity index (χ4n) is 8.26. The first kappa shape index (κ1) is 29.5. The van der Waals surface area contributed by atoms with Gasteiger partial charge in [-0.15, -0.1) is 0 Å². The maximum absolute atomic E-state index is 6.78. The van der Waals surface area contributed by atoms with Gasteiger partial charge in [0.05, 0.1) is 11.4 Å². The zero-order valence-corrected chi connectivity index (χ0v) is 28.5. The van der Waals surface area contributed by atoms with Crippen LogP contribution in [-0.4, -0.2) is 4.98 Å². The first-order chi connectivity index (χ1) is 25.1. The number of pyridine rings is 1. The van der Waals surface area contributed by atoms with Crippen LogP contribution in [0.5, 0.6) is 0 Å². The van der Waals surface area contributed by atoms with Crippen LogP contribution < -0.4 is 4.90 Å². The molecule has 1 aliphatic rings. The third-order valence-corrected chi connectivity index (χ3v) is 10.7. The number of aromatic nitrogens is 1. The number of fused-ring (bicyclic) bond motifs is 8. The molecule has 0 amide bonds. The molecule has 2 aromatic heterocycles. The Kier molecular flexibility index (Phi) is 6.53. The largest absolute Gasteiger partial charge is 0.456 e. The fraction of sp³-hybridized carbons (Fsp3) is 0.0625. The molecule has 7 aromatic carbocycles. The van der Waals surface area contributed by atoms with Crippen LogP contribution in [0.25, 0.3) is 66.2 Å². The number of nitrogens with zero attached hydrogens (tertiary/aromatic N) is 2. The lowest BCUT2D eigenvalue weighted by atomic mass is 9.82. The molecule has 0 saturated carbocycles. The van der Waals surface area contributed by atoms with E-state index in [4.69, 9.17) is 9.40 Å². The van der Waals surface area contributed by atoms with E-state index < -0.39 is 0 Å². The average Bonchev–Trinajstić information content (AvgIpc) is 3.68. The summed E-state index contributed by atoms with van der Waals surface area (Å²) in [6, 6.07) is 58.4. The molecule has 0 aliphatic heterocycles. The van der Waals surface area contributed by atoms with Crippen molar-refractivity contribution in [3.8, 4) is 33.5 Å². The number of para-hydroxylation sites is 1. The third-order valence-electron chi connectivity index (χ3n) is 10.7. The number of furan rings is 1. The first-order valence-corrected chi connectivity index (χ1v) is 17.5. The molecule has 10 rings (SSSR count). The molecule has 3 nitrogen and oxygen atoms in total. The van der Waals surface area contributed by atoms with E-state index in [0.717, 1.165) is 72.2 Å². The van der Waals surface area contributed by atoms with Crippen molar-refractivity contribution in [2.45, 2.75) is 19.3 Å². The lowest BCUT2D eigenvalue weighted by molar-refractivity contribution is 0.660. The first-order valence-electron chi connectivity index (χ1n) is 17.5. The van der Waals surface area contributed by atoms with Crippen molar-refractivity contribution in [3.63, 3.8) is 0 Å². The van der Waals surface area contributed by atoms with E-state index in [2.05, 4.69) is 164 Å². The van der Waals surface area contributed by atoms with Gasteiger partial charge in [-0.1, -0.05) is 135 Å². The van der Waals surface area contributed by atoms with E-state index in [1.54, 1.807) is 0 Å². The quantitative estimate of drug-likeness (QED) is 0.185. The van der Waals surface area contributed by atoms with Gasteiger partial charge in [0.15, 0.2) is 0 Å². The summed E-state index contributed by atoms with van der Waals surface area (Å²) < 4.78 is 6.78. The van der Waals surface area contributed by atoms with E-state index in [-0.39, 0.29) is 5.41 Å². The van der Waals surface area contributed by atoms with Gasteiger partial charge in [0.25, 0.3) is 0 Å². The predicted octanol–water partition coefficient (Wildman–Crippen LogP) is 13.2. The summed E-state index contributed by atoms with van der Waals surface area (Å²) >= 11 is 0. The van der Waals surface area contributed by atoms with Gasteiger partial charge in [-0.3, -0.25) is 4.98 Å². The summed E-state index contributed by atoms with van der Waals surface area (Å²) in [5.74, 6) is 0. The van der Waals surface area contributed by atoms with Crippen molar-refractivity contribution >= 4 is 49.8 Å². The van der Waals surface area contributed by atoms with Crippen LogP contribution >= 0.6 is 0 Å². The predicted molar refractivity (Wildman–Crippen MR) is 212 cm³/mol. The smallest absolute Gasteiger partial charge is 0.138 e. The molecule has 2 heterocycles. The summed E-state index contributed by atoms with van der Waals surface area (Å²) in [6.07, 6.45) is 1.98. The van der Waals surface area contributed by atoms with Crippen molar-refractivity contribution in [1.29, 1.82) is 0 Å². The van der Waals surface area contributed by atoms with E-state index in [0.29, 0.717) is 0 Å². The van der Waals surface area contributed by atoms with E-state index in [1.807, 2.05) is 24.4 Å². The van der Waals surface area contributed by atoms with Crippen LogP contribution in [0.2, 0.25) is 0 Å². The fourth-order valence-corrected chi connectivity index (χ4v) is 8.26. The average molecular weight is 655 g/mol. The maximum atomic E-state index is 6.78. The van der Waals surface area contributed by atoms with Gasteiger partial charge in [0, 0.05) is 56.3 Å². The molecule has 0 atom stereocenters. The Bertz CT molecular complexity index is 2760. The minimum Gasteiger partial charge on any atom is -0.456 e. The Morgan fingerprint density at radius 2 is 1.20 bits per heavy atom. The van der Waals surface area contributed by atoms with Gasteiger partial charge in [0.2, 0.25) is 0 Å². The summed E-state index contributed by atoms with van der Waals surface area (Å²) in [7, 11) is 0. The minimum atomic E-state index is -0.111. The van der Waals surface area contributed by atoms with Crippen molar-refractivity contribution in [3.05, 3.63) is 181 Å². The highest BCUT2D eigenvalue weighted by Crippen LogP contribution is 2.52. The molecule has 242 valence electrons. The molecule has 0 spiro atoms. The molecule has 3 heteroatoms. The summed E-state index contributed by atoms with van der Waals surface area (Å²) in [4.78, 5) is 7.26. The Hall–Kier alpha value is -6.45. The Balaban J connectivity index is 1.19. The second kappa shape index (κ2) is 11.3. The maximum Gasteiger partial charge on any atom is 0.138 e. The molecular weight excluding hydrogens is 621 g/mol. The zero-order valence-electron chi connectivity index (χ0n) is 28.5. The Labute approximate surface area is 297 Å².